The van der Waals surface area contributed by atoms with Crippen LogP contribution in [0.5, 0.6) is 5.75 Å². The Balaban J connectivity index is 1.21. The van der Waals surface area contributed by atoms with Crippen LogP contribution in [0, 0.1) is 29.5 Å². The molecule has 36 heavy (non-hydrogen) atoms. The summed E-state index contributed by atoms with van der Waals surface area (Å²) >= 11 is 0. The molecule has 0 aromatic heterocycles. The second-order valence-electron chi connectivity index (χ2n) is 11.0. The van der Waals surface area contributed by atoms with Gasteiger partial charge in [-0.15, -0.1) is 0 Å². The third kappa shape index (κ3) is 7.63. The van der Waals surface area contributed by atoms with Gasteiger partial charge in [0, 0.05) is 0 Å². The Labute approximate surface area is 215 Å². The van der Waals surface area contributed by atoms with Gasteiger partial charge in [-0.3, -0.25) is 0 Å². The summed E-state index contributed by atoms with van der Waals surface area (Å²) in [5, 5.41) is 0. The first-order valence-electron chi connectivity index (χ1n) is 14.0. The van der Waals surface area contributed by atoms with Crippen LogP contribution in [0.1, 0.15) is 84.0 Å². The number of hydrogen-bond donors (Lipinski definition) is 0. The molecule has 1 nitrogen and oxygen atoms in total. The van der Waals surface area contributed by atoms with Crippen LogP contribution < -0.4 is 4.74 Å². The third-order valence-corrected chi connectivity index (χ3v) is 8.30. The van der Waals surface area contributed by atoms with Crippen LogP contribution in [0.2, 0.25) is 0 Å². The van der Waals surface area contributed by atoms with Crippen molar-refractivity contribution >= 4 is 0 Å². The van der Waals surface area contributed by atoms with Crippen LogP contribution in [0.3, 0.4) is 0 Å². The summed E-state index contributed by atoms with van der Waals surface area (Å²) in [6, 6.07) is 12.7. The Morgan fingerprint density at radius 1 is 0.750 bits per heavy atom. The number of ether oxygens (including phenoxy) is 1. The Hall–Kier alpha value is -2.23. The molecule has 2 aromatic carbocycles. The first-order chi connectivity index (χ1) is 17.4. The average Bonchev–Trinajstić information content (AvgIpc) is 2.89. The van der Waals surface area contributed by atoms with Gasteiger partial charge < -0.3 is 4.74 Å². The van der Waals surface area contributed by atoms with Crippen LogP contribution in [0.25, 0.3) is 11.1 Å². The topological polar surface area (TPSA) is 9.23 Å². The monoisotopic (exact) mass is 498 g/mol. The van der Waals surface area contributed by atoms with Crippen molar-refractivity contribution in [3.05, 3.63) is 66.5 Å². The second-order valence-corrected chi connectivity index (χ2v) is 11.0. The number of unbranched alkanes of at least 4 members (excludes halogenated alkanes) is 2. The molecule has 0 aliphatic heterocycles. The molecule has 2 fully saturated rings. The molecule has 0 spiro atoms. The van der Waals surface area contributed by atoms with Crippen molar-refractivity contribution in [1.82, 2.24) is 0 Å². The Morgan fingerprint density at radius 2 is 1.28 bits per heavy atom. The smallest absolute Gasteiger partial charge is 0.400 e. The molecule has 2 saturated carbocycles. The summed E-state index contributed by atoms with van der Waals surface area (Å²) in [5.41, 5.74) is 1.67. The number of rotatable bonds is 10. The summed E-state index contributed by atoms with van der Waals surface area (Å²) in [5.74, 6) is 1.11. The molecule has 0 amide bonds. The van der Waals surface area contributed by atoms with Gasteiger partial charge in [-0.1, -0.05) is 69.0 Å². The summed E-state index contributed by atoms with van der Waals surface area (Å²) in [6.45, 7) is 2.26. The van der Waals surface area contributed by atoms with E-state index in [9.17, 15) is 13.2 Å². The lowest BCUT2D eigenvalue weighted by atomic mass is 9.78. The standard InChI is InChI=1S/C32H41F3O/c1-2-3-4-5-24-6-8-25(9-7-24)10-11-26-12-18-29(19-13-26)32(34,35)36-31-22-16-28(17-23-31)27-14-20-30(33)21-15-27/h10-11,14-17,20-26,29H,2-9,12-13,18-19H2,1H3/b11-10+. The van der Waals surface area contributed by atoms with E-state index in [2.05, 4.69) is 19.1 Å². The molecule has 0 heterocycles. The van der Waals surface area contributed by atoms with Gasteiger partial charge in [0.05, 0.1) is 5.92 Å². The van der Waals surface area contributed by atoms with Gasteiger partial charge in [-0.05, 0) is 105 Å². The van der Waals surface area contributed by atoms with Crippen LogP contribution >= 0.6 is 0 Å². The van der Waals surface area contributed by atoms with Gasteiger partial charge in [0.25, 0.3) is 0 Å². The lowest BCUT2D eigenvalue weighted by Gasteiger charge is -2.32. The molecule has 4 rings (SSSR count). The van der Waals surface area contributed by atoms with Crippen molar-refractivity contribution in [3.63, 3.8) is 0 Å². The van der Waals surface area contributed by atoms with E-state index in [1.165, 1.54) is 63.5 Å². The molecule has 196 valence electrons. The van der Waals surface area contributed by atoms with E-state index in [-0.39, 0.29) is 11.6 Å². The van der Waals surface area contributed by atoms with Crippen molar-refractivity contribution in [2.75, 3.05) is 0 Å². The molecule has 0 unspecified atom stereocenters. The van der Waals surface area contributed by atoms with Crippen molar-refractivity contribution in [2.24, 2.45) is 23.7 Å². The third-order valence-electron chi connectivity index (χ3n) is 8.30. The van der Waals surface area contributed by atoms with Gasteiger partial charge in [-0.25, -0.2) is 4.39 Å². The first kappa shape index (κ1) is 26.8. The maximum Gasteiger partial charge on any atom is 0.400 e. The normalized spacial score (nSPS) is 25.2. The molecule has 0 bridgehead atoms. The van der Waals surface area contributed by atoms with Gasteiger partial charge >= 0.3 is 6.11 Å². The van der Waals surface area contributed by atoms with E-state index in [1.807, 2.05) is 0 Å². The van der Waals surface area contributed by atoms with Gasteiger partial charge in [-0.2, -0.15) is 8.78 Å². The molecule has 0 radical (unpaired) electrons. The van der Waals surface area contributed by atoms with Crippen molar-refractivity contribution in [3.8, 4) is 16.9 Å². The molecular weight excluding hydrogens is 457 g/mol. The fourth-order valence-electron chi connectivity index (χ4n) is 5.91. The zero-order valence-corrected chi connectivity index (χ0v) is 21.6. The van der Waals surface area contributed by atoms with Crippen LogP contribution in [0.4, 0.5) is 13.2 Å². The zero-order valence-electron chi connectivity index (χ0n) is 21.6. The highest BCUT2D eigenvalue weighted by Gasteiger charge is 2.43. The summed E-state index contributed by atoms with van der Waals surface area (Å²) in [6.07, 6.45) is 14.8. The predicted molar refractivity (Wildman–Crippen MR) is 142 cm³/mol. The van der Waals surface area contributed by atoms with Crippen molar-refractivity contribution < 1.29 is 17.9 Å². The minimum Gasteiger partial charge on any atom is -0.432 e. The Kier molecular flexibility index (Phi) is 9.56. The number of halogens is 3. The quantitative estimate of drug-likeness (QED) is 0.234. The Bertz CT molecular complexity index is 934. The highest BCUT2D eigenvalue weighted by molar-refractivity contribution is 5.64. The molecule has 4 heteroatoms. The zero-order chi connectivity index (χ0) is 25.4. The van der Waals surface area contributed by atoms with E-state index < -0.39 is 12.0 Å². The minimum atomic E-state index is -3.18. The highest BCUT2D eigenvalue weighted by atomic mass is 19.3. The van der Waals surface area contributed by atoms with E-state index >= 15 is 0 Å². The molecular formula is C32H41F3O. The molecule has 2 aromatic rings. The van der Waals surface area contributed by atoms with E-state index in [1.54, 1.807) is 36.4 Å². The van der Waals surface area contributed by atoms with Gasteiger partial charge in [0.15, 0.2) is 0 Å². The van der Waals surface area contributed by atoms with Crippen LogP contribution in [0.15, 0.2) is 60.7 Å². The Morgan fingerprint density at radius 3 is 1.83 bits per heavy atom. The minimum absolute atomic E-state index is 0.165. The number of alkyl halides is 2. The molecule has 0 N–H and O–H groups in total. The lowest BCUT2D eigenvalue weighted by Crippen LogP contribution is -2.37. The lowest BCUT2D eigenvalue weighted by molar-refractivity contribution is -0.222. The predicted octanol–water partition coefficient (Wildman–Crippen LogP) is 10.2. The van der Waals surface area contributed by atoms with Crippen molar-refractivity contribution in [2.45, 2.75) is 90.1 Å². The highest BCUT2D eigenvalue weighted by Crippen LogP contribution is 2.41. The number of hydrogen-bond acceptors (Lipinski definition) is 1. The molecule has 0 saturated heterocycles. The summed E-state index contributed by atoms with van der Waals surface area (Å²) in [4.78, 5) is 0. The average molecular weight is 499 g/mol. The van der Waals surface area contributed by atoms with Gasteiger partial charge in [0.2, 0.25) is 0 Å². The largest absolute Gasteiger partial charge is 0.432 e. The fraction of sp³-hybridized carbons (Fsp3) is 0.562. The maximum absolute atomic E-state index is 14.9. The maximum atomic E-state index is 14.9. The summed E-state index contributed by atoms with van der Waals surface area (Å²) in [7, 11) is 0. The SMILES string of the molecule is CCCCCC1CCC(/C=C/C2CCC(C(F)(F)Oc3ccc(-c4ccc(F)cc4)cc3)CC2)CC1. The summed E-state index contributed by atoms with van der Waals surface area (Å²) < 4.78 is 48.2. The fourth-order valence-corrected chi connectivity index (χ4v) is 5.91. The number of allylic oxidation sites excluding steroid dienone is 2. The first-order valence-corrected chi connectivity index (χ1v) is 14.0. The van der Waals surface area contributed by atoms with E-state index in [4.69, 9.17) is 4.74 Å². The van der Waals surface area contributed by atoms with Gasteiger partial charge in [0.1, 0.15) is 11.6 Å². The van der Waals surface area contributed by atoms with Crippen LogP contribution in [-0.2, 0) is 0 Å². The molecule has 2 aliphatic rings. The molecule has 2 aliphatic carbocycles. The van der Waals surface area contributed by atoms with E-state index in [0.717, 1.165) is 29.9 Å². The van der Waals surface area contributed by atoms with E-state index in [0.29, 0.717) is 24.7 Å². The van der Waals surface area contributed by atoms with Crippen LogP contribution in [-0.4, -0.2) is 6.11 Å². The second kappa shape index (κ2) is 12.8. The molecule has 0 atom stereocenters. The number of benzene rings is 2. The van der Waals surface area contributed by atoms with Crippen molar-refractivity contribution in [1.29, 1.82) is 0 Å².